The Balaban J connectivity index is 0.000000606. The quantitative estimate of drug-likeness (QED) is 0.0965. The molecular formula is C78H58B4Br2F4Fe2N12O12. The van der Waals surface area contributed by atoms with E-state index in [1.54, 1.807) is 146 Å². The predicted molar refractivity (Wildman–Crippen MR) is 431 cm³/mol. The second-order valence-corrected chi connectivity index (χ2v) is 24.5. The maximum Gasteiger partial charge on any atom is 2.00 e. The summed E-state index contributed by atoms with van der Waals surface area (Å²) in [5, 5.41) is 48.7. The number of fused-ring (bicyclic) bond motifs is 19. The van der Waals surface area contributed by atoms with E-state index in [1.165, 1.54) is 97.1 Å². The first kappa shape index (κ1) is 83.5. The molecule has 0 amide bonds. The Morgan fingerprint density at radius 3 is 0.377 bits per heavy atom. The molecule has 0 saturated carbocycles. The molecule has 0 atom stereocenters. The van der Waals surface area contributed by atoms with E-state index in [0.29, 0.717) is 0 Å². The molecular weight excluding hydrogens is 1690 g/mol. The molecule has 11 aromatic carbocycles. The first-order chi connectivity index (χ1) is 54.8. The van der Waals surface area contributed by atoms with Gasteiger partial charge in [0.1, 0.15) is 45.7 Å². The fourth-order valence-electron chi connectivity index (χ4n) is 9.83. The number of halogens is 6. The van der Waals surface area contributed by atoms with Gasteiger partial charge < -0.3 is 74.3 Å². The van der Waals surface area contributed by atoms with Gasteiger partial charge in [0, 0.05) is 44.5 Å². The normalized spacial score (nSPS) is 24.9. The molecule has 4 bridgehead atoms. The molecule has 6 heterocycles. The van der Waals surface area contributed by atoms with Crippen LogP contribution in [0.2, 0.25) is 0 Å². The van der Waals surface area contributed by atoms with Crippen molar-refractivity contribution >= 4 is 126 Å². The van der Waals surface area contributed by atoms with E-state index in [2.05, 4.69) is 93.7 Å². The minimum Gasteiger partial charge on any atom is -0.509 e. The average molecular weight is 1750 g/mol. The standard InChI is InChI=1S/C60H40B4Br2F4N12O12.3C6H6.2Fe/c65-59-57(79-91-61(67)83-71-49(41-25-9-1-10-26-41)53(45-33-17-5-18-34-45)75-87-63(69,93-81-59)88-76-54(46-35-19-6-20-36-46)50(72-84-61)42-27-11-2-12-28-42)58-60(66)82-94-64(70)89-77-55(47-37-21-7-22-38-47)51(43-29-13-3-14-30-43)73-85-62(68,92-80-58)86-74-52(44-31-15-4-16-32-44)56(78-90-64)48-39-23-8-24-40-48;3*1-2-4-6-5-3-1;;/h1-40H;3*1-6H;;/q-4;;;;2*+2/b71-49+,72-50+,73-51+,74-52+,75-53+,76-54+,77-55+,78-56+,79-57+,80-58+,81-59-,82-60-;;;;;. The van der Waals surface area contributed by atoms with Crippen molar-refractivity contribution in [1.29, 1.82) is 0 Å². The van der Waals surface area contributed by atoms with Crippen LogP contribution in [0, 0.1) is 0 Å². The van der Waals surface area contributed by atoms with Crippen molar-refractivity contribution in [2.24, 2.45) is 61.9 Å². The Morgan fingerprint density at radius 1 is 0.158 bits per heavy atom. The third-order valence-corrected chi connectivity index (χ3v) is 16.1. The van der Waals surface area contributed by atoms with Crippen molar-refractivity contribution in [1.82, 2.24) is 0 Å². The third-order valence-electron chi connectivity index (χ3n) is 15.1. The van der Waals surface area contributed by atoms with Gasteiger partial charge >= 0.3 is 62.3 Å². The SMILES string of the molecule is F[B-]12O/N=C(Br)/C(C3=N\O[B-]4(F)O/N=C(c5ccccc5)/C(c5ccccc5)=N/O[B-](F)(O\N=C\3Br)O/N=C(c3ccccc3)/C(c3ccccc3)=N/O4)=N/O[B-](F)(O/N=C(c3ccccc3)/C(c3ccccc3)=N/O1)O/N=C(c1ccccc1)/C(c1ccccc1)=N/O2.[Fe+2].[Fe+2].c1ccccc1.c1ccccc1.c1ccccc1. The molecule has 572 valence electrons. The smallest absolute Gasteiger partial charge is 0.509 e. The first-order valence-electron chi connectivity index (χ1n) is 34.0. The minimum absolute atomic E-state index is 0. The molecule has 0 aromatic heterocycles. The van der Waals surface area contributed by atoms with Crippen LogP contribution in [-0.2, 0) is 91.2 Å². The third kappa shape index (κ3) is 23.6. The number of hydrogen-bond donors (Lipinski definition) is 0. The fraction of sp³-hybridized carbons (Fsp3) is 0. The summed E-state index contributed by atoms with van der Waals surface area (Å²) < 4.78 is 139. The summed E-state index contributed by atoms with van der Waals surface area (Å²) >= 11 is 6.21. The van der Waals surface area contributed by atoms with Gasteiger partial charge in [-0.2, -0.15) is 0 Å². The fourth-order valence-corrected chi connectivity index (χ4v) is 10.5. The topological polar surface area (TPSA) is 259 Å². The van der Waals surface area contributed by atoms with Crippen molar-refractivity contribution < 1.29 is 108 Å². The van der Waals surface area contributed by atoms with E-state index in [1.807, 2.05) is 109 Å². The van der Waals surface area contributed by atoms with Gasteiger partial charge in [-0.25, -0.2) is 0 Å². The first-order valence-corrected chi connectivity index (χ1v) is 35.6. The summed E-state index contributed by atoms with van der Waals surface area (Å²) in [7, 11) is -20.5. The monoisotopic (exact) mass is 1740 g/mol. The molecule has 11 aromatic rings. The molecule has 0 aliphatic carbocycles. The molecule has 17 rings (SSSR count). The van der Waals surface area contributed by atoms with E-state index < -0.39 is 48.8 Å². The molecule has 0 spiro atoms. The Morgan fingerprint density at radius 2 is 0.254 bits per heavy atom. The second-order valence-electron chi connectivity index (χ2n) is 23.0. The van der Waals surface area contributed by atoms with Crippen LogP contribution in [0.3, 0.4) is 0 Å². The van der Waals surface area contributed by atoms with Gasteiger partial charge in [-0.15, -0.1) is 61.9 Å². The van der Waals surface area contributed by atoms with Crippen molar-refractivity contribution in [3.05, 3.63) is 396 Å². The van der Waals surface area contributed by atoms with Crippen LogP contribution in [-0.4, -0.2) is 94.5 Å². The predicted octanol–water partition coefficient (Wildman–Crippen LogP) is 17.3. The van der Waals surface area contributed by atoms with Crippen LogP contribution in [0.25, 0.3) is 0 Å². The van der Waals surface area contributed by atoms with Crippen molar-refractivity contribution in [2.75, 3.05) is 0 Å². The maximum absolute atomic E-state index is 18.6. The molecule has 0 N–H and O–H groups in total. The maximum atomic E-state index is 18.6. The van der Waals surface area contributed by atoms with Crippen LogP contribution in [0.5, 0.6) is 0 Å². The molecule has 0 saturated heterocycles. The zero-order chi connectivity index (χ0) is 77.5. The van der Waals surface area contributed by atoms with E-state index in [9.17, 15) is 0 Å². The number of hydrogen-bond acceptors (Lipinski definition) is 24. The second kappa shape index (κ2) is 41.9. The van der Waals surface area contributed by atoms with Crippen LogP contribution in [0.15, 0.2) is 414 Å². The summed E-state index contributed by atoms with van der Waals surface area (Å²) in [6.07, 6.45) is 0. The van der Waals surface area contributed by atoms with Crippen LogP contribution >= 0.6 is 31.9 Å². The summed E-state index contributed by atoms with van der Waals surface area (Å²) in [5.74, 6) is 0. The van der Waals surface area contributed by atoms with Crippen molar-refractivity contribution in [3.8, 4) is 0 Å². The molecule has 24 nitrogen and oxygen atoms in total. The summed E-state index contributed by atoms with van der Waals surface area (Å²) in [6.45, 7) is 0. The van der Waals surface area contributed by atoms with Gasteiger partial charge in [0.25, 0.3) is 0 Å². The van der Waals surface area contributed by atoms with E-state index in [4.69, 9.17) is 57.1 Å². The Hall–Kier alpha value is -13.0. The Kier molecular flexibility index (Phi) is 30.7. The Labute approximate surface area is 688 Å². The molecule has 0 fully saturated rings. The largest absolute Gasteiger partial charge is 2.00 e. The zero-order valence-electron chi connectivity index (χ0n) is 59.0. The van der Waals surface area contributed by atoms with Crippen molar-refractivity contribution in [3.63, 3.8) is 0 Å². The Bertz CT molecular complexity index is 4630. The molecule has 0 unspecified atom stereocenters. The molecule has 6 aliphatic heterocycles. The van der Waals surface area contributed by atoms with Gasteiger partial charge in [0.2, 0.25) is 0 Å². The van der Waals surface area contributed by atoms with Crippen molar-refractivity contribution in [2.45, 2.75) is 0 Å². The average Bonchev–Trinajstić information content (AvgIpc) is 0.800. The van der Waals surface area contributed by atoms with Gasteiger partial charge in [-0.1, -0.05) is 352 Å². The molecule has 6 aliphatic rings. The summed E-state index contributed by atoms with van der Waals surface area (Å²) in [6, 6.07) is 99.3. The van der Waals surface area contributed by atoms with E-state index in [0.717, 1.165) is 0 Å². The van der Waals surface area contributed by atoms with Gasteiger partial charge in [-0.3, -0.25) is 0 Å². The molecule has 36 heteroatoms. The minimum atomic E-state index is -5.18. The van der Waals surface area contributed by atoms with Crippen LogP contribution < -0.4 is 0 Å². The van der Waals surface area contributed by atoms with E-state index in [-0.39, 0.29) is 124 Å². The molecule has 114 heavy (non-hydrogen) atoms. The summed E-state index contributed by atoms with van der Waals surface area (Å²) in [4.78, 5) is 0. The number of rotatable bonds is 9. The summed E-state index contributed by atoms with van der Waals surface area (Å²) in [5.41, 5.74) is -3.72. The van der Waals surface area contributed by atoms with Crippen LogP contribution in [0.4, 0.5) is 17.3 Å². The van der Waals surface area contributed by atoms with E-state index >= 15 is 17.3 Å². The van der Waals surface area contributed by atoms with Gasteiger partial charge in [0.15, 0.2) is 20.7 Å². The van der Waals surface area contributed by atoms with Gasteiger partial charge in [0.05, 0.1) is 0 Å². The number of benzene rings is 11. The zero-order valence-corrected chi connectivity index (χ0v) is 64.4. The number of nitrogens with zero attached hydrogens (tertiary/aromatic N) is 12. The molecule has 0 radical (unpaired) electrons. The van der Waals surface area contributed by atoms with Gasteiger partial charge in [-0.05, 0) is 31.9 Å². The number of oxime groups is 12. The van der Waals surface area contributed by atoms with Crippen LogP contribution in [0.1, 0.15) is 44.5 Å².